The van der Waals surface area contributed by atoms with Crippen molar-refractivity contribution < 1.29 is 18.0 Å². The van der Waals surface area contributed by atoms with E-state index in [1.54, 1.807) is 42.5 Å². The van der Waals surface area contributed by atoms with Crippen molar-refractivity contribution in [1.29, 1.82) is 0 Å². The highest BCUT2D eigenvalue weighted by molar-refractivity contribution is 7.92. The van der Waals surface area contributed by atoms with Gasteiger partial charge in [-0.2, -0.15) is 0 Å². The number of halogens is 3. The molecule has 0 spiro atoms. The molecule has 4 rings (SSSR count). The summed E-state index contributed by atoms with van der Waals surface area (Å²) in [5.74, 6) is -1.03. The summed E-state index contributed by atoms with van der Waals surface area (Å²) in [4.78, 5) is 29.0. The number of nitrogens with zero attached hydrogens (tertiary/aromatic N) is 2. The molecule has 4 aromatic rings. The summed E-state index contributed by atoms with van der Waals surface area (Å²) in [6.45, 7) is 1.19. The fraction of sp³-hybridized carbons (Fsp3) is 0.188. The Labute approximate surface area is 267 Å². The van der Waals surface area contributed by atoms with E-state index in [0.717, 1.165) is 15.4 Å². The highest BCUT2D eigenvalue weighted by Gasteiger charge is 2.34. The van der Waals surface area contributed by atoms with Gasteiger partial charge in [-0.15, -0.1) is 0 Å². The van der Waals surface area contributed by atoms with Gasteiger partial charge in [-0.3, -0.25) is 13.9 Å². The molecule has 0 aliphatic heterocycles. The van der Waals surface area contributed by atoms with E-state index in [1.807, 2.05) is 37.3 Å². The van der Waals surface area contributed by atoms with Crippen LogP contribution in [0, 0.1) is 6.92 Å². The molecule has 11 heteroatoms. The van der Waals surface area contributed by atoms with Gasteiger partial charge in [0.15, 0.2) is 0 Å². The smallest absolute Gasteiger partial charge is 0.264 e. The molecule has 0 aliphatic rings. The number of aryl methyl sites for hydroxylation is 1. The number of sulfonamides is 1. The van der Waals surface area contributed by atoms with Gasteiger partial charge in [0, 0.05) is 35.1 Å². The van der Waals surface area contributed by atoms with E-state index in [4.69, 9.17) is 34.8 Å². The van der Waals surface area contributed by atoms with Crippen LogP contribution in [0.5, 0.6) is 0 Å². The zero-order valence-electron chi connectivity index (χ0n) is 23.5. The molecule has 0 saturated carbocycles. The first-order valence-corrected chi connectivity index (χ1v) is 15.9. The molecule has 0 fully saturated rings. The zero-order valence-corrected chi connectivity index (χ0v) is 26.6. The Balaban J connectivity index is 1.80. The Morgan fingerprint density at radius 3 is 2.07 bits per heavy atom. The first-order valence-electron chi connectivity index (χ1n) is 13.3. The molecule has 0 aliphatic carbocycles. The number of carbonyl (C=O) groups excluding carboxylic acids is 2. The van der Waals surface area contributed by atoms with Crippen LogP contribution in [0.3, 0.4) is 0 Å². The van der Waals surface area contributed by atoms with E-state index >= 15 is 0 Å². The molecule has 0 aromatic heterocycles. The van der Waals surface area contributed by atoms with E-state index in [9.17, 15) is 18.0 Å². The van der Waals surface area contributed by atoms with Gasteiger partial charge in [0.1, 0.15) is 12.6 Å². The number of hydrogen-bond donors (Lipinski definition) is 1. The quantitative estimate of drug-likeness (QED) is 0.198. The minimum atomic E-state index is -4.21. The topological polar surface area (TPSA) is 86.8 Å². The number of likely N-dealkylation sites (N-methyl/N-ethyl adjacent to an activating group) is 1. The molecule has 0 unspecified atom stereocenters. The largest absolute Gasteiger partial charge is 0.357 e. The Kier molecular flexibility index (Phi) is 10.7. The lowest BCUT2D eigenvalue weighted by molar-refractivity contribution is -0.139. The lowest BCUT2D eigenvalue weighted by Gasteiger charge is -2.33. The first-order chi connectivity index (χ1) is 20.5. The van der Waals surface area contributed by atoms with Crippen LogP contribution in [0.25, 0.3) is 0 Å². The molecule has 0 bridgehead atoms. The minimum Gasteiger partial charge on any atom is -0.357 e. The van der Waals surface area contributed by atoms with Crippen LogP contribution in [0.1, 0.15) is 16.7 Å². The van der Waals surface area contributed by atoms with Gasteiger partial charge in [0.25, 0.3) is 10.0 Å². The Bertz CT molecular complexity index is 1680. The Hall–Kier alpha value is -3.56. The number of rotatable bonds is 11. The van der Waals surface area contributed by atoms with E-state index < -0.39 is 34.4 Å². The third kappa shape index (κ3) is 8.09. The first kappa shape index (κ1) is 32.4. The molecule has 4 aromatic carbocycles. The second-order valence-corrected chi connectivity index (χ2v) is 13.0. The zero-order chi connectivity index (χ0) is 31.1. The summed E-state index contributed by atoms with van der Waals surface area (Å²) in [7, 11) is -2.72. The number of carbonyl (C=O) groups is 2. The summed E-state index contributed by atoms with van der Waals surface area (Å²) in [5.41, 5.74) is 2.48. The van der Waals surface area contributed by atoms with Crippen LogP contribution in [0.4, 0.5) is 5.69 Å². The van der Waals surface area contributed by atoms with Crippen LogP contribution < -0.4 is 9.62 Å². The molecular weight excluding hydrogens is 629 g/mol. The van der Waals surface area contributed by atoms with Crippen molar-refractivity contribution >= 4 is 62.3 Å². The van der Waals surface area contributed by atoms with E-state index in [-0.39, 0.29) is 23.5 Å². The van der Waals surface area contributed by atoms with Crippen LogP contribution in [-0.4, -0.2) is 44.8 Å². The summed E-state index contributed by atoms with van der Waals surface area (Å²) in [6.07, 6.45) is 0.184. The maximum absolute atomic E-state index is 14.3. The standard InChI is InChI=1S/C32H30Cl3N3O4S/c1-22-8-16-28(17-9-22)43(41,42)38(27-14-12-25(33)13-15-27)21-31(39)37(20-24-10-11-26(34)19-29(24)35)30(32(40)36-2)18-23-6-4-3-5-7-23/h3-17,19,30H,18,20-21H2,1-2H3,(H,36,40)/t30-/m0/s1. The van der Waals surface area contributed by atoms with Gasteiger partial charge < -0.3 is 10.2 Å². The van der Waals surface area contributed by atoms with Crippen LogP contribution in [-0.2, 0) is 32.6 Å². The minimum absolute atomic E-state index is 0.0142. The molecule has 0 radical (unpaired) electrons. The lowest BCUT2D eigenvalue weighted by Crippen LogP contribution is -2.53. The van der Waals surface area contributed by atoms with Crippen molar-refractivity contribution in [3.63, 3.8) is 0 Å². The van der Waals surface area contributed by atoms with E-state index in [0.29, 0.717) is 20.6 Å². The van der Waals surface area contributed by atoms with E-state index in [2.05, 4.69) is 5.32 Å². The van der Waals surface area contributed by atoms with Gasteiger partial charge in [-0.1, -0.05) is 88.9 Å². The van der Waals surface area contributed by atoms with Crippen LogP contribution in [0.2, 0.25) is 15.1 Å². The predicted octanol–water partition coefficient (Wildman–Crippen LogP) is 6.54. The van der Waals surface area contributed by atoms with E-state index in [1.165, 1.54) is 36.2 Å². The summed E-state index contributed by atoms with van der Waals surface area (Å²) in [5, 5.41) is 3.78. The third-order valence-electron chi connectivity index (χ3n) is 6.88. The molecule has 1 N–H and O–H groups in total. The highest BCUT2D eigenvalue weighted by Crippen LogP contribution is 2.28. The fourth-order valence-corrected chi connectivity index (χ4v) is 6.54. The summed E-state index contributed by atoms with van der Waals surface area (Å²) in [6, 6.07) is 25.6. The average Bonchev–Trinajstić information content (AvgIpc) is 2.99. The molecule has 43 heavy (non-hydrogen) atoms. The molecule has 0 saturated heterocycles. The maximum Gasteiger partial charge on any atom is 0.264 e. The molecule has 1 atom stereocenters. The average molecular weight is 659 g/mol. The molecule has 224 valence electrons. The van der Waals surface area contributed by atoms with Crippen molar-refractivity contribution in [2.75, 3.05) is 17.9 Å². The second kappa shape index (κ2) is 14.3. The van der Waals surface area contributed by atoms with Gasteiger partial charge in [-0.05, 0) is 66.6 Å². The van der Waals surface area contributed by atoms with Crippen molar-refractivity contribution in [2.24, 2.45) is 0 Å². The van der Waals surface area contributed by atoms with Crippen molar-refractivity contribution in [3.8, 4) is 0 Å². The van der Waals surface area contributed by atoms with Gasteiger partial charge in [0.05, 0.1) is 10.6 Å². The Morgan fingerprint density at radius 2 is 1.47 bits per heavy atom. The molecule has 7 nitrogen and oxygen atoms in total. The summed E-state index contributed by atoms with van der Waals surface area (Å²) >= 11 is 18.7. The Morgan fingerprint density at radius 1 is 0.837 bits per heavy atom. The molecule has 2 amide bonds. The van der Waals surface area contributed by atoms with Gasteiger partial charge >= 0.3 is 0 Å². The van der Waals surface area contributed by atoms with Crippen molar-refractivity contribution in [1.82, 2.24) is 10.2 Å². The number of amides is 2. The number of anilines is 1. The monoisotopic (exact) mass is 657 g/mol. The normalized spacial score (nSPS) is 11.9. The number of hydrogen-bond acceptors (Lipinski definition) is 4. The summed E-state index contributed by atoms with van der Waals surface area (Å²) < 4.78 is 29.0. The SMILES string of the molecule is CNC(=O)[C@H](Cc1ccccc1)N(Cc1ccc(Cl)cc1Cl)C(=O)CN(c1ccc(Cl)cc1)S(=O)(=O)c1ccc(C)cc1. The van der Waals surface area contributed by atoms with Crippen LogP contribution >= 0.6 is 34.8 Å². The molecule has 0 heterocycles. The number of nitrogens with one attached hydrogen (secondary N) is 1. The highest BCUT2D eigenvalue weighted by atomic mass is 35.5. The van der Waals surface area contributed by atoms with Gasteiger partial charge in [-0.25, -0.2) is 8.42 Å². The number of benzene rings is 4. The van der Waals surface area contributed by atoms with Crippen molar-refractivity contribution in [2.45, 2.75) is 30.8 Å². The molecular formula is C32H30Cl3N3O4S. The van der Waals surface area contributed by atoms with Crippen molar-refractivity contribution in [3.05, 3.63) is 129 Å². The second-order valence-electron chi connectivity index (χ2n) is 9.88. The van der Waals surface area contributed by atoms with Crippen LogP contribution in [0.15, 0.2) is 102 Å². The van der Waals surface area contributed by atoms with Gasteiger partial charge in [0.2, 0.25) is 11.8 Å². The fourth-order valence-electron chi connectivity index (χ4n) is 4.53. The maximum atomic E-state index is 14.3. The lowest BCUT2D eigenvalue weighted by atomic mass is 10.0. The predicted molar refractivity (Wildman–Crippen MR) is 172 cm³/mol. The third-order valence-corrected chi connectivity index (χ3v) is 9.50.